The Morgan fingerprint density at radius 3 is 1.33 bits per heavy atom. The van der Waals surface area contributed by atoms with Gasteiger partial charge < -0.3 is 13.1 Å². The Bertz CT molecular complexity index is 43.6. The summed E-state index contributed by atoms with van der Waals surface area (Å²) in [5.41, 5.74) is 0. The molecule has 2 N–H and O–H groups in total. The standard InChI is InChI=1S/C6H14O2.Sr.2H/c7-5-3-1-2-4-6-8;;;/h7-8H,1-6H2;;;/q;+2;2*-1. The molecule has 0 saturated carbocycles. The van der Waals surface area contributed by atoms with E-state index in [2.05, 4.69) is 0 Å². The van der Waals surface area contributed by atoms with Crippen LogP contribution >= 0.6 is 0 Å². The van der Waals surface area contributed by atoms with Gasteiger partial charge in [-0.15, -0.1) is 0 Å². The van der Waals surface area contributed by atoms with Crippen molar-refractivity contribution in [2.75, 3.05) is 13.2 Å². The molecule has 0 rings (SSSR count). The van der Waals surface area contributed by atoms with Gasteiger partial charge in [0.15, 0.2) is 0 Å². The first-order valence-corrected chi connectivity index (χ1v) is 3.13. The van der Waals surface area contributed by atoms with Crippen molar-refractivity contribution in [3.63, 3.8) is 0 Å². The average molecular weight is 208 g/mol. The van der Waals surface area contributed by atoms with Crippen LogP contribution in [0.25, 0.3) is 0 Å². The van der Waals surface area contributed by atoms with Gasteiger partial charge in [-0.2, -0.15) is 0 Å². The van der Waals surface area contributed by atoms with Gasteiger partial charge in [0.2, 0.25) is 0 Å². The zero-order valence-corrected chi connectivity index (χ0v) is 9.32. The summed E-state index contributed by atoms with van der Waals surface area (Å²) in [4.78, 5) is 0. The fraction of sp³-hybridized carbons (Fsp3) is 1.00. The summed E-state index contributed by atoms with van der Waals surface area (Å²) in [6.07, 6.45) is 3.83. The number of aliphatic hydroxyl groups excluding tert-OH is 2. The number of unbranched alkanes of at least 4 members (excludes halogenated alkanes) is 3. The predicted octanol–water partition coefficient (Wildman–Crippen LogP) is 0.376. The topological polar surface area (TPSA) is 40.5 Å². The van der Waals surface area contributed by atoms with Crippen molar-refractivity contribution in [3.8, 4) is 0 Å². The molecule has 0 aliphatic heterocycles. The second kappa shape index (κ2) is 12.1. The summed E-state index contributed by atoms with van der Waals surface area (Å²) in [5.74, 6) is 0. The van der Waals surface area contributed by atoms with Gasteiger partial charge in [0.1, 0.15) is 0 Å². The molecule has 0 heterocycles. The van der Waals surface area contributed by atoms with E-state index in [9.17, 15) is 0 Å². The van der Waals surface area contributed by atoms with E-state index in [1.54, 1.807) is 0 Å². The Kier molecular flexibility index (Phi) is 17.5. The second-order valence-corrected chi connectivity index (χ2v) is 1.86. The maximum atomic E-state index is 8.30. The molecule has 9 heavy (non-hydrogen) atoms. The Morgan fingerprint density at radius 1 is 0.778 bits per heavy atom. The molecule has 0 unspecified atom stereocenters. The molecule has 0 fully saturated rings. The van der Waals surface area contributed by atoms with Crippen molar-refractivity contribution in [1.82, 2.24) is 0 Å². The number of rotatable bonds is 5. The maximum Gasteiger partial charge on any atom is 2.00 e. The third-order valence-electron chi connectivity index (χ3n) is 1.07. The first-order valence-electron chi connectivity index (χ1n) is 3.13. The Labute approximate surface area is 96.5 Å². The number of hydrogen-bond acceptors (Lipinski definition) is 2. The van der Waals surface area contributed by atoms with Crippen molar-refractivity contribution < 1.29 is 13.1 Å². The van der Waals surface area contributed by atoms with Crippen LogP contribution in [0.4, 0.5) is 0 Å². The van der Waals surface area contributed by atoms with Crippen molar-refractivity contribution in [3.05, 3.63) is 0 Å². The first kappa shape index (κ1) is 13.0. The van der Waals surface area contributed by atoms with E-state index >= 15 is 0 Å². The molecule has 2 nitrogen and oxygen atoms in total. The Balaban J connectivity index is -0.0000000817. The second-order valence-electron chi connectivity index (χ2n) is 1.86. The molecular formula is C6H16O2Sr. The number of aliphatic hydroxyl groups is 2. The van der Waals surface area contributed by atoms with E-state index in [4.69, 9.17) is 10.2 Å². The third kappa shape index (κ3) is 12.6. The molecule has 0 aliphatic rings. The van der Waals surface area contributed by atoms with Crippen LogP contribution in [-0.2, 0) is 0 Å². The van der Waals surface area contributed by atoms with Crippen LogP contribution in [0.3, 0.4) is 0 Å². The minimum absolute atomic E-state index is 0. The van der Waals surface area contributed by atoms with Crippen molar-refractivity contribution in [2.45, 2.75) is 25.7 Å². The smallest absolute Gasteiger partial charge is 1.00 e. The van der Waals surface area contributed by atoms with E-state index in [-0.39, 0.29) is 61.5 Å². The summed E-state index contributed by atoms with van der Waals surface area (Å²) < 4.78 is 0. The van der Waals surface area contributed by atoms with E-state index in [1.165, 1.54) is 0 Å². The zero-order chi connectivity index (χ0) is 6.24. The predicted molar refractivity (Wildman–Crippen MR) is 40.6 cm³/mol. The SMILES string of the molecule is OCCCCCCO.[H-].[H-].[Sr+2]. The first-order chi connectivity index (χ1) is 3.91. The Morgan fingerprint density at radius 2 is 1.11 bits per heavy atom. The number of hydrogen-bond donors (Lipinski definition) is 2. The van der Waals surface area contributed by atoms with Crippen LogP contribution in [0, 0.1) is 0 Å². The van der Waals surface area contributed by atoms with Crippen molar-refractivity contribution in [2.24, 2.45) is 0 Å². The fourth-order valence-electron chi connectivity index (χ4n) is 0.577. The molecule has 0 aliphatic carbocycles. The largest absolute Gasteiger partial charge is 2.00 e. The van der Waals surface area contributed by atoms with E-state index in [0.29, 0.717) is 0 Å². The van der Waals surface area contributed by atoms with Gasteiger partial charge in [0.25, 0.3) is 0 Å². The molecule has 3 heteroatoms. The van der Waals surface area contributed by atoms with E-state index < -0.39 is 0 Å². The van der Waals surface area contributed by atoms with Gasteiger partial charge in [-0.1, -0.05) is 12.8 Å². The van der Waals surface area contributed by atoms with Gasteiger partial charge in [-0.3, -0.25) is 0 Å². The van der Waals surface area contributed by atoms with Crippen LogP contribution < -0.4 is 0 Å². The molecule has 0 aromatic heterocycles. The third-order valence-corrected chi connectivity index (χ3v) is 1.07. The van der Waals surface area contributed by atoms with Gasteiger partial charge in [-0.25, -0.2) is 0 Å². The quantitative estimate of drug-likeness (QED) is 0.506. The van der Waals surface area contributed by atoms with E-state index in [1.807, 2.05) is 0 Å². The summed E-state index contributed by atoms with van der Waals surface area (Å²) in [5, 5.41) is 16.6. The molecule has 0 spiro atoms. The molecule has 0 atom stereocenters. The Hall–Kier alpha value is 1.40. The van der Waals surface area contributed by atoms with Crippen molar-refractivity contribution >= 4 is 45.5 Å². The molecular weight excluding hydrogens is 192 g/mol. The monoisotopic (exact) mass is 208 g/mol. The minimum Gasteiger partial charge on any atom is -1.00 e. The normalized spacial score (nSPS) is 8.67. The van der Waals surface area contributed by atoms with Gasteiger partial charge in [0, 0.05) is 13.2 Å². The summed E-state index contributed by atoms with van der Waals surface area (Å²) in [6.45, 7) is 0.566. The van der Waals surface area contributed by atoms with Crippen LogP contribution in [0.2, 0.25) is 0 Å². The molecule has 54 valence electrons. The summed E-state index contributed by atoms with van der Waals surface area (Å²) >= 11 is 0. The van der Waals surface area contributed by atoms with Crippen LogP contribution in [0.15, 0.2) is 0 Å². The fourth-order valence-corrected chi connectivity index (χ4v) is 0.577. The van der Waals surface area contributed by atoms with Gasteiger partial charge >= 0.3 is 45.5 Å². The van der Waals surface area contributed by atoms with Crippen LogP contribution in [0.1, 0.15) is 28.5 Å². The molecule has 0 radical (unpaired) electrons. The van der Waals surface area contributed by atoms with Gasteiger partial charge in [-0.05, 0) is 12.8 Å². The molecule has 0 bridgehead atoms. The molecule has 0 saturated heterocycles. The molecule has 0 aromatic rings. The maximum absolute atomic E-state index is 8.30. The van der Waals surface area contributed by atoms with Crippen LogP contribution in [0.5, 0.6) is 0 Å². The van der Waals surface area contributed by atoms with Crippen LogP contribution in [-0.4, -0.2) is 68.9 Å². The summed E-state index contributed by atoms with van der Waals surface area (Å²) in [6, 6.07) is 0. The minimum atomic E-state index is 0. The van der Waals surface area contributed by atoms with E-state index in [0.717, 1.165) is 25.7 Å². The zero-order valence-electron chi connectivity index (χ0n) is 7.84. The molecule has 0 amide bonds. The van der Waals surface area contributed by atoms with Gasteiger partial charge in [0.05, 0.1) is 0 Å². The summed E-state index contributed by atoms with van der Waals surface area (Å²) in [7, 11) is 0. The van der Waals surface area contributed by atoms with Crippen molar-refractivity contribution in [1.29, 1.82) is 0 Å². The average Bonchev–Trinajstić information content (AvgIpc) is 1.81. The molecule has 0 aromatic carbocycles.